The van der Waals surface area contributed by atoms with E-state index in [1.807, 2.05) is 56.3 Å². The lowest BCUT2D eigenvalue weighted by atomic mass is 10.1. The third-order valence-corrected chi connectivity index (χ3v) is 5.32. The van der Waals surface area contributed by atoms with Gasteiger partial charge in [0.15, 0.2) is 6.54 Å². The highest BCUT2D eigenvalue weighted by Gasteiger charge is 2.34. The first-order chi connectivity index (χ1) is 14.0. The molecule has 3 N–H and O–H groups in total. The van der Waals surface area contributed by atoms with Crippen LogP contribution in [0, 0.1) is 13.8 Å². The van der Waals surface area contributed by atoms with Gasteiger partial charge < -0.3 is 20.3 Å². The quantitative estimate of drug-likeness (QED) is 0.603. The van der Waals surface area contributed by atoms with Crippen molar-refractivity contribution in [2.24, 2.45) is 0 Å². The minimum atomic E-state index is -0.209. The molecule has 2 aromatic carbocycles. The fourth-order valence-electron chi connectivity index (χ4n) is 3.49. The lowest BCUT2D eigenvalue weighted by Gasteiger charge is -2.19. The monoisotopic (exact) mass is 396 g/mol. The molecule has 0 aliphatic heterocycles. The highest BCUT2D eigenvalue weighted by molar-refractivity contribution is 5.95. The highest BCUT2D eigenvalue weighted by Crippen LogP contribution is 2.19. The molecule has 0 saturated heterocycles. The van der Waals surface area contributed by atoms with Crippen molar-refractivity contribution in [1.82, 2.24) is 5.32 Å². The van der Waals surface area contributed by atoms with Gasteiger partial charge in [0, 0.05) is 24.1 Å². The van der Waals surface area contributed by atoms with E-state index in [-0.39, 0.29) is 18.4 Å². The number of hydrogen-bond donors (Lipinski definition) is 3. The van der Waals surface area contributed by atoms with Gasteiger partial charge in [0.2, 0.25) is 5.91 Å². The van der Waals surface area contributed by atoms with Crippen LogP contribution in [0.1, 0.15) is 29.5 Å². The van der Waals surface area contributed by atoms with E-state index in [4.69, 9.17) is 4.74 Å². The molecule has 0 spiro atoms. The van der Waals surface area contributed by atoms with Gasteiger partial charge in [-0.3, -0.25) is 9.59 Å². The largest absolute Gasteiger partial charge is 0.497 e. The number of amides is 2. The van der Waals surface area contributed by atoms with Crippen molar-refractivity contribution in [3.8, 4) is 5.75 Å². The molecule has 1 aliphatic carbocycles. The van der Waals surface area contributed by atoms with Gasteiger partial charge in [-0.15, -0.1) is 0 Å². The molecular weight excluding hydrogens is 366 g/mol. The maximum Gasteiger partial charge on any atom is 0.275 e. The first-order valence-electron chi connectivity index (χ1n) is 10.1. The highest BCUT2D eigenvalue weighted by atomic mass is 16.5. The molecule has 0 bridgehead atoms. The molecular formula is C23H30N3O3+. The number of carbonyl (C=O) groups is 2. The predicted octanol–water partition coefficient (Wildman–Crippen LogP) is 1.61. The Morgan fingerprint density at radius 1 is 1.03 bits per heavy atom. The minimum Gasteiger partial charge on any atom is -0.497 e. The summed E-state index contributed by atoms with van der Waals surface area (Å²) in [6.45, 7) is 5.05. The zero-order valence-electron chi connectivity index (χ0n) is 17.4. The van der Waals surface area contributed by atoms with E-state index >= 15 is 0 Å². The number of aryl methyl sites for hydroxylation is 2. The fourth-order valence-corrected chi connectivity index (χ4v) is 3.49. The summed E-state index contributed by atoms with van der Waals surface area (Å²) in [5, 5.41) is 5.67. The molecule has 0 heterocycles. The Hall–Kier alpha value is -2.86. The second-order valence-electron chi connectivity index (χ2n) is 7.73. The van der Waals surface area contributed by atoms with Gasteiger partial charge in [-0.05, 0) is 49.2 Å². The first-order valence-corrected chi connectivity index (χ1v) is 10.1. The molecule has 6 heteroatoms. The number of benzene rings is 2. The van der Waals surface area contributed by atoms with E-state index in [9.17, 15) is 9.59 Å². The third-order valence-electron chi connectivity index (χ3n) is 5.32. The molecule has 1 saturated carbocycles. The summed E-state index contributed by atoms with van der Waals surface area (Å²) < 4.78 is 5.20. The summed E-state index contributed by atoms with van der Waals surface area (Å²) >= 11 is 0. The average Bonchev–Trinajstić information content (AvgIpc) is 3.55. The molecule has 154 valence electrons. The molecule has 2 aromatic rings. The van der Waals surface area contributed by atoms with Gasteiger partial charge in [-0.25, -0.2) is 0 Å². The van der Waals surface area contributed by atoms with Crippen molar-refractivity contribution < 1.29 is 19.2 Å². The molecule has 0 radical (unpaired) electrons. The summed E-state index contributed by atoms with van der Waals surface area (Å²) in [6, 6.07) is 14.4. The van der Waals surface area contributed by atoms with Crippen molar-refractivity contribution in [2.45, 2.75) is 39.3 Å². The Morgan fingerprint density at radius 2 is 1.69 bits per heavy atom. The van der Waals surface area contributed by atoms with E-state index in [0.717, 1.165) is 42.0 Å². The summed E-state index contributed by atoms with van der Waals surface area (Å²) in [5.74, 6) is 0.519. The average molecular weight is 397 g/mol. The van der Waals surface area contributed by atoms with Crippen molar-refractivity contribution in [3.05, 3.63) is 59.2 Å². The fraction of sp³-hybridized carbons (Fsp3) is 0.391. The van der Waals surface area contributed by atoms with Gasteiger partial charge in [0.1, 0.15) is 12.3 Å². The second-order valence-corrected chi connectivity index (χ2v) is 7.73. The van der Waals surface area contributed by atoms with Crippen LogP contribution in [0.15, 0.2) is 42.5 Å². The SMILES string of the molecule is COc1ccc(C[NH+](CC(=O)NCC(=O)Nc2c(C)cccc2C)C2CC2)cc1. The second kappa shape index (κ2) is 9.56. The van der Waals surface area contributed by atoms with Gasteiger partial charge in [0.25, 0.3) is 5.91 Å². The number of anilines is 1. The molecule has 0 aromatic heterocycles. The molecule has 1 unspecified atom stereocenters. The number of hydrogen-bond acceptors (Lipinski definition) is 3. The van der Waals surface area contributed by atoms with Crippen LogP contribution in [0.25, 0.3) is 0 Å². The minimum absolute atomic E-state index is 0.0207. The Kier molecular flexibility index (Phi) is 6.88. The number of nitrogens with one attached hydrogen (secondary N) is 3. The summed E-state index contributed by atoms with van der Waals surface area (Å²) in [4.78, 5) is 25.9. The number of carbonyl (C=O) groups excluding carboxylic acids is 2. The van der Waals surface area contributed by atoms with E-state index in [1.54, 1.807) is 7.11 Å². The van der Waals surface area contributed by atoms with Crippen LogP contribution >= 0.6 is 0 Å². The van der Waals surface area contributed by atoms with Gasteiger partial charge in [-0.1, -0.05) is 18.2 Å². The van der Waals surface area contributed by atoms with Gasteiger partial charge in [0.05, 0.1) is 19.7 Å². The molecule has 29 heavy (non-hydrogen) atoms. The van der Waals surface area contributed by atoms with Crippen LogP contribution < -0.4 is 20.3 Å². The molecule has 2 amide bonds. The Labute approximate surface area is 172 Å². The van der Waals surface area contributed by atoms with Gasteiger partial charge >= 0.3 is 0 Å². The van der Waals surface area contributed by atoms with Crippen molar-refractivity contribution >= 4 is 17.5 Å². The summed E-state index contributed by atoms with van der Waals surface area (Å²) in [7, 11) is 1.65. The summed E-state index contributed by atoms with van der Waals surface area (Å²) in [5.41, 5.74) is 4.01. The normalized spacial score (nSPS) is 14.2. The standard InChI is InChI=1S/C23H29N3O3/c1-16-5-4-6-17(2)23(16)25-21(27)13-24-22(28)15-26(19-9-10-19)14-18-7-11-20(29-3)12-8-18/h4-8,11-12,19H,9-10,13-15H2,1-3H3,(H,24,28)(H,25,27)/p+1. The smallest absolute Gasteiger partial charge is 0.275 e. The van der Waals surface area contributed by atoms with Crippen LogP contribution in [0.3, 0.4) is 0 Å². The van der Waals surface area contributed by atoms with Gasteiger partial charge in [-0.2, -0.15) is 0 Å². The summed E-state index contributed by atoms with van der Waals surface area (Å²) in [6.07, 6.45) is 2.29. The van der Waals surface area contributed by atoms with Crippen LogP contribution in [-0.2, 0) is 16.1 Å². The Bertz CT molecular complexity index is 840. The van der Waals surface area contributed by atoms with Crippen LogP contribution in [0.5, 0.6) is 5.75 Å². The van der Waals surface area contributed by atoms with Crippen LogP contribution in [0.2, 0.25) is 0 Å². The van der Waals surface area contributed by atoms with Crippen molar-refractivity contribution in [2.75, 3.05) is 25.5 Å². The molecule has 1 atom stereocenters. The zero-order chi connectivity index (χ0) is 20.8. The van der Waals surface area contributed by atoms with E-state index in [1.165, 1.54) is 10.5 Å². The molecule has 3 rings (SSSR count). The Morgan fingerprint density at radius 3 is 2.28 bits per heavy atom. The number of ether oxygens (including phenoxy) is 1. The van der Waals surface area contributed by atoms with Crippen molar-refractivity contribution in [1.29, 1.82) is 0 Å². The van der Waals surface area contributed by atoms with Crippen molar-refractivity contribution in [3.63, 3.8) is 0 Å². The number of para-hydroxylation sites is 1. The van der Waals surface area contributed by atoms with E-state index in [2.05, 4.69) is 10.6 Å². The molecule has 1 fully saturated rings. The van der Waals surface area contributed by atoms with E-state index < -0.39 is 0 Å². The van der Waals surface area contributed by atoms with Crippen LogP contribution in [-0.4, -0.2) is 38.1 Å². The van der Waals surface area contributed by atoms with Crippen LogP contribution in [0.4, 0.5) is 5.69 Å². The Balaban J connectivity index is 1.49. The maximum absolute atomic E-state index is 12.4. The topological polar surface area (TPSA) is 71.9 Å². The van der Waals surface area contributed by atoms with E-state index in [0.29, 0.717) is 12.6 Å². The maximum atomic E-state index is 12.4. The molecule has 1 aliphatic rings. The lowest BCUT2D eigenvalue weighted by molar-refractivity contribution is -0.917. The number of methoxy groups -OCH3 is 1. The first kappa shape index (κ1) is 20.9. The third kappa shape index (κ3) is 6.06. The zero-order valence-corrected chi connectivity index (χ0v) is 17.4. The molecule has 6 nitrogen and oxygen atoms in total. The lowest BCUT2D eigenvalue weighted by Crippen LogP contribution is -3.13. The predicted molar refractivity (Wildman–Crippen MR) is 113 cm³/mol. The number of quaternary nitrogens is 1. The number of rotatable bonds is 9.